The summed E-state index contributed by atoms with van der Waals surface area (Å²) in [6, 6.07) is 17.4. The quantitative estimate of drug-likeness (QED) is 0.361. The van der Waals surface area contributed by atoms with Gasteiger partial charge in [0.2, 0.25) is 0 Å². The van der Waals surface area contributed by atoms with Gasteiger partial charge in [-0.25, -0.2) is 4.98 Å². The highest BCUT2D eigenvalue weighted by Crippen LogP contribution is 2.28. The summed E-state index contributed by atoms with van der Waals surface area (Å²) in [4.78, 5) is 4.52. The lowest BCUT2D eigenvalue weighted by atomic mass is 10.3. The molecule has 28 heavy (non-hydrogen) atoms. The zero-order valence-electron chi connectivity index (χ0n) is 15.1. The molecule has 0 saturated heterocycles. The van der Waals surface area contributed by atoms with Crippen molar-refractivity contribution in [1.29, 1.82) is 0 Å². The van der Waals surface area contributed by atoms with E-state index < -0.39 is 0 Å². The Bertz CT molecular complexity index is 1070. The molecule has 0 atom stereocenters. The predicted molar refractivity (Wildman–Crippen MR) is 114 cm³/mol. The van der Waals surface area contributed by atoms with Crippen LogP contribution >= 0.6 is 34.7 Å². The van der Waals surface area contributed by atoms with Crippen molar-refractivity contribution in [2.24, 2.45) is 0 Å². The van der Waals surface area contributed by atoms with Gasteiger partial charge in [-0.1, -0.05) is 53.7 Å². The number of hydrogen-bond acceptors (Lipinski definition) is 6. The number of benzene rings is 2. The number of thiazole rings is 1. The minimum atomic E-state index is 0.266. The third kappa shape index (κ3) is 4.38. The van der Waals surface area contributed by atoms with Crippen LogP contribution in [0.25, 0.3) is 5.69 Å². The molecule has 0 saturated carbocycles. The fraction of sp³-hybridized carbons (Fsp3) is 0.150. The number of aryl methyl sites for hydroxylation is 1. The van der Waals surface area contributed by atoms with Crippen LogP contribution in [0, 0.1) is 6.92 Å². The number of para-hydroxylation sites is 2. The van der Waals surface area contributed by atoms with Gasteiger partial charge in [0, 0.05) is 16.8 Å². The molecule has 4 rings (SSSR count). The molecular formula is C20H17ClN4OS2. The van der Waals surface area contributed by atoms with E-state index in [-0.39, 0.29) is 6.61 Å². The van der Waals surface area contributed by atoms with Gasteiger partial charge in [-0.2, -0.15) is 0 Å². The van der Waals surface area contributed by atoms with E-state index >= 15 is 0 Å². The van der Waals surface area contributed by atoms with Crippen LogP contribution in [0.15, 0.2) is 65.1 Å². The van der Waals surface area contributed by atoms with E-state index in [1.165, 1.54) is 0 Å². The Morgan fingerprint density at radius 1 is 1.07 bits per heavy atom. The molecule has 0 fully saturated rings. The van der Waals surface area contributed by atoms with Crippen molar-refractivity contribution in [1.82, 2.24) is 19.7 Å². The molecule has 0 N–H and O–H groups in total. The Morgan fingerprint density at radius 2 is 1.86 bits per heavy atom. The highest BCUT2D eigenvalue weighted by Gasteiger charge is 2.16. The largest absolute Gasteiger partial charge is 0.484 e. The molecule has 0 aliphatic heterocycles. The average Bonchev–Trinajstić information content (AvgIpc) is 3.32. The maximum Gasteiger partial charge on any atom is 0.196 e. The molecule has 0 bridgehead atoms. The Kier molecular flexibility index (Phi) is 5.95. The molecule has 0 aliphatic carbocycles. The van der Waals surface area contributed by atoms with Crippen molar-refractivity contribution in [3.8, 4) is 11.4 Å². The van der Waals surface area contributed by atoms with Gasteiger partial charge in [-0.3, -0.25) is 4.57 Å². The second-order valence-corrected chi connectivity index (χ2v) is 8.35. The summed E-state index contributed by atoms with van der Waals surface area (Å²) in [6.07, 6.45) is 0. The molecular weight excluding hydrogens is 412 g/mol. The fourth-order valence-corrected chi connectivity index (χ4v) is 4.41. The number of rotatable bonds is 7. The van der Waals surface area contributed by atoms with Gasteiger partial charge in [0.15, 0.2) is 11.0 Å². The fourth-order valence-electron chi connectivity index (χ4n) is 2.64. The van der Waals surface area contributed by atoms with Crippen molar-refractivity contribution in [2.75, 3.05) is 0 Å². The summed E-state index contributed by atoms with van der Waals surface area (Å²) >= 11 is 9.45. The average molecular weight is 429 g/mol. The van der Waals surface area contributed by atoms with Crippen molar-refractivity contribution in [2.45, 2.75) is 24.4 Å². The van der Waals surface area contributed by atoms with Gasteiger partial charge in [-0.15, -0.1) is 21.5 Å². The first-order valence-electron chi connectivity index (χ1n) is 8.61. The van der Waals surface area contributed by atoms with E-state index in [9.17, 15) is 0 Å². The summed E-state index contributed by atoms with van der Waals surface area (Å²) in [5.41, 5.74) is 2.03. The minimum Gasteiger partial charge on any atom is -0.484 e. The third-order valence-electron chi connectivity index (χ3n) is 3.92. The van der Waals surface area contributed by atoms with Crippen LogP contribution in [0.3, 0.4) is 0 Å². The highest BCUT2D eigenvalue weighted by atomic mass is 35.5. The summed E-state index contributed by atoms with van der Waals surface area (Å²) in [7, 11) is 0. The summed E-state index contributed by atoms with van der Waals surface area (Å²) < 4.78 is 7.90. The molecule has 0 aliphatic rings. The molecule has 0 unspecified atom stereocenters. The summed E-state index contributed by atoms with van der Waals surface area (Å²) in [5, 5.41) is 13.3. The Labute approximate surface area is 176 Å². The maximum absolute atomic E-state index is 6.19. The number of ether oxygens (including phenoxy) is 1. The molecule has 4 aromatic rings. The van der Waals surface area contributed by atoms with Gasteiger partial charge in [0.05, 0.1) is 15.7 Å². The maximum atomic E-state index is 6.19. The number of hydrogen-bond donors (Lipinski definition) is 0. The van der Waals surface area contributed by atoms with Crippen LogP contribution < -0.4 is 4.74 Å². The molecule has 2 aromatic heterocycles. The van der Waals surface area contributed by atoms with E-state index in [4.69, 9.17) is 16.3 Å². The van der Waals surface area contributed by atoms with Crippen molar-refractivity contribution >= 4 is 34.7 Å². The molecule has 0 amide bonds. The van der Waals surface area contributed by atoms with E-state index in [0.717, 1.165) is 27.3 Å². The van der Waals surface area contributed by atoms with Crippen LogP contribution in [-0.2, 0) is 12.4 Å². The second-order valence-electron chi connectivity index (χ2n) is 5.94. The van der Waals surface area contributed by atoms with Crippen LogP contribution in [0.4, 0.5) is 0 Å². The van der Waals surface area contributed by atoms with Gasteiger partial charge in [0.25, 0.3) is 0 Å². The van der Waals surface area contributed by atoms with Gasteiger partial charge in [-0.05, 0) is 31.2 Å². The van der Waals surface area contributed by atoms with E-state index in [1.807, 2.05) is 60.0 Å². The predicted octanol–water partition coefficient (Wildman–Crippen LogP) is 5.56. The van der Waals surface area contributed by atoms with E-state index in [1.54, 1.807) is 29.2 Å². The normalized spacial score (nSPS) is 10.9. The zero-order chi connectivity index (χ0) is 19.3. The molecule has 8 heteroatoms. The number of nitrogens with zero attached hydrogens (tertiary/aromatic N) is 4. The topological polar surface area (TPSA) is 52.8 Å². The molecule has 2 heterocycles. The molecule has 5 nitrogen and oxygen atoms in total. The summed E-state index contributed by atoms with van der Waals surface area (Å²) in [5.74, 6) is 2.07. The number of thioether (sulfide) groups is 1. The first-order valence-corrected chi connectivity index (χ1v) is 10.9. The minimum absolute atomic E-state index is 0.266. The molecule has 2 aromatic carbocycles. The van der Waals surface area contributed by atoms with Crippen LogP contribution in [0.1, 0.15) is 16.5 Å². The lowest BCUT2D eigenvalue weighted by Gasteiger charge is -2.11. The standard InChI is InChI=1S/C20H17ClN4OS2/c1-14-22-15(12-27-14)13-28-20-24-23-19(25(20)16-7-3-2-4-8-16)11-26-18-10-6-5-9-17(18)21/h2-10,12H,11,13H2,1H3. The zero-order valence-corrected chi connectivity index (χ0v) is 17.5. The van der Waals surface area contributed by atoms with Gasteiger partial charge in [0.1, 0.15) is 12.4 Å². The monoisotopic (exact) mass is 428 g/mol. The Balaban J connectivity index is 1.59. The second kappa shape index (κ2) is 8.77. The van der Waals surface area contributed by atoms with E-state index in [0.29, 0.717) is 16.6 Å². The van der Waals surface area contributed by atoms with Crippen LogP contribution in [0.2, 0.25) is 5.02 Å². The van der Waals surface area contributed by atoms with Gasteiger partial charge >= 0.3 is 0 Å². The highest BCUT2D eigenvalue weighted by molar-refractivity contribution is 7.98. The third-order valence-corrected chi connectivity index (χ3v) is 6.02. The molecule has 0 radical (unpaired) electrons. The summed E-state index contributed by atoms with van der Waals surface area (Å²) in [6.45, 7) is 2.28. The Hall–Kier alpha value is -2.35. The van der Waals surface area contributed by atoms with Crippen molar-refractivity contribution in [3.05, 3.63) is 81.5 Å². The van der Waals surface area contributed by atoms with E-state index in [2.05, 4.69) is 20.6 Å². The SMILES string of the molecule is Cc1nc(CSc2nnc(COc3ccccc3Cl)n2-c2ccccc2)cs1. The molecule has 0 spiro atoms. The van der Waals surface area contributed by atoms with Crippen molar-refractivity contribution < 1.29 is 4.74 Å². The Morgan fingerprint density at radius 3 is 2.61 bits per heavy atom. The lowest BCUT2D eigenvalue weighted by Crippen LogP contribution is -2.06. The van der Waals surface area contributed by atoms with Crippen molar-refractivity contribution in [3.63, 3.8) is 0 Å². The first kappa shape index (κ1) is 19.0. The first-order chi connectivity index (χ1) is 13.7. The smallest absolute Gasteiger partial charge is 0.196 e. The lowest BCUT2D eigenvalue weighted by molar-refractivity contribution is 0.293. The van der Waals surface area contributed by atoms with Crippen LogP contribution in [-0.4, -0.2) is 19.7 Å². The molecule has 142 valence electrons. The van der Waals surface area contributed by atoms with Gasteiger partial charge < -0.3 is 4.74 Å². The van der Waals surface area contributed by atoms with Crippen LogP contribution in [0.5, 0.6) is 5.75 Å². The number of aromatic nitrogens is 4. The number of halogens is 1.